The van der Waals surface area contributed by atoms with E-state index in [1.807, 2.05) is 12.1 Å². The highest BCUT2D eigenvalue weighted by atomic mass is 16.5. The van der Waals surface area contributed by atoms with E-state index in [4.69, 9.17) is 4.52 Å². The van der Waals surface area contributed by atoms with Gasteiger partial charge in [-0.3, -0.25) is 9.78 Å². The molecule has 0 aromatic carbocycles. The second kappa shape index (κ2) is 4.13. The minimum absolute atomic E-state index is 0.171. The van der Waals surface area contributed by atoms with Crippen LogP contribution in [0, 0.1) is 0 Å². The number of carbonyl (C=O) groups excluding carboxylic acids is 1. The first-order chi connectivity index (χ1) is 9.77. The van der Waals surface area contributed by atoms with Gasteiger partial charge >= 0.3 is 0 Å². The van der Waals surface area contributed by atoms with Crippen LogP contribution in [0.3, 0.4) is 0 Å². The zero-order valence-electron chi connectivity index (χ0n) is 10.9. The van der Waals surface area contributed by atoms with Crippen LogP contribution >= 0.6 is 0 Å². The van der Waals surface area contributed by atoms with Crippen molar-refractivity contribution in [2.75, 3.05) is 0 Å². The van der Waals surface area contributed by atoms with Gasteiger partial charge in [0.2, 0.25) is 6.39 Å². The summed E-state index contributed by atoms with van der Waals surface area (Å²) in [4.78, 5) is 20.5. The molecule has 0 radical (unpaired) electrons. The van der Waals surface area contributed by atoms with Crippen LogP contribution < -0.4 is 5.32 Å². The van der Waals surface area contributed by atoms with Crippen molar-refractivity contribution in [3.05, 3.63) is 41.8 Å². The molecule has 2 aliphatic rings. The van der Waals surface area contributed by atoms with Crippen LogP contribution in [-0.2, 0) is 5.54 Å². The Kier molecular flexibility index (Phi) is 2.39. The van der Waals surface area contributed by atoms with Crippen molar-refractivity contribution in [1.82, 2.24) is 20.4 Å². The number of pyridine rings is 1. The molecule has 6 heteroatoms. The minimum Gasteiger partial charge on any atom is -0.343 e. The van der Waals surface area contributed by atoms with Crippen molar-refractivity contribution in [2.24, 2.45) is 0 Å². The number of carbonyl (C=O) groups is 1. The van der Waals surface area contributed by atoms with E-state index in [9.17, 15) is 4.79 Å². The average Bonchev–Trinajstić information content (AvgIpc) is 3.40. The fraction of sp³-hybridized carbons (Fsp3) is 0.429. The molecule has 2 heterocycles. The zero-order chi connectivity index (χ0) is 13.6. The van der Waals surface area contributed by atoms with Gasteiger partial charge in [0.25, 0.3) is 5.91 Å². The summed E-state index contributed by atoms with van der Waals surface area (Å²) in [6.07, 6.45) is 7.07. The van der Waals surface area contributed by atoms with Gasteiger partial charge in [-0.05, 0) is 49.3 Å². The molecule has 2 saturated carbocycles. The van der Waals surface area contributed by atoms with Gasteiger partial charge in [0.15, 0.2) is 5.82 Å². The first-order valence-corrected chi connectivity index (χ1v) is 6.82. The maximum Gasteiger partial charge on any atom is 0.270 e. The summed E-state index contributed by atoms with van der Waals surface area (Å²) < 4.78 is 4.76. The number of amides is 1. The third kappa shape index (κ3) is 1.97. The van der Waals surface area contributed by atoms with Crippen LogP contribution in [0.2, 0.25) is 0 Å². The molecule has 1 N–H and O–H groups in total. The fourth-order valence-corrected chi connectivity index (χ4v) is 2.43. The van der Waals surface area contributed by atoms with Gasteiger partial charge in [-0.2, -0.15) is 4.98 Å². The summed E-state index contributed by atoms with van der Waals surface area (Å²) in [5, 5.41) is 6.82. The molecule has 0 atom stereocenters. The molecule has 102 valence electrons. The third-order valence-electron chi connectivity index (χ3n) is 3.96. The van der Waals surface area contributed by atoms with Crippen molar-refractivity contribution < 1.29 is 9.32 Å². The summed E-state index contributed by atoms with van der Waals surface area (Å²) >= 11 is 0. The topological polar surface area (TPSA) is 80.9 Å². The molecule has 4 rings (SSSR count). The van der Waals surface area contributed by atoms with Crippen molar-refractivity contribution in [2.45, 2.75) is 37.1 Å². The first kappa shape index (κ1) is 11.6. The van der Waals surface area contributed by atoms with Crippen molar-refractivity contribution in [3.63, 3.8) is 0 Å². The van der Waals surface area contributed by atoms with Gasteiger partial charge in [-0.15, -0.1) is 0 Å². The smallest absolute Gasteiger partial charge is 0.270 e. The number of aromatic nitrogens is 3. The minimum atomic E-state index is -0.457. The molecule has 0 unspecified atom stereocenters. The molecule has 0 saturated heterocycles. The molecule has 2 aromatic heterocycles. The normalized spacial score (nSPS) is 19.6. The molecule has 2 aliphatic carbocycles. The van der Waals surface area contributed by atoms with Gasteiger partial charge < -0.3 is 9.84 Å². The van der Waals surface area contributed by atoms with Gasteiger partial charge in [-0.25, -0.2) is 0 Å². The van der Waals surface area contributed by atoms with Crippen molar-refractivity contribution in [3.8, 4) is 0 Å². The molecular weight excluding hydrogens is 256 g/mol. The van der Waals surface area contributed by atoms with Crippen LogP contribution in [0.15, 0.2) is 29.2 Å². The lowest BCUT2D eigenvalue weighted by atomic mass is 10.1. The summed E-state index contributed by atoms with van der Waals surface area (Å²) in [6, 6.07) is 3.87. The summed E-state index contributed by atoms with van der Waals surface area (Å²) in [5.41, 5.74) is 1.21. The number of hydrogen-bond donors (Lipinski definition) is 1. The Morgan fingerprint density at radius 2 is 2.20 bits per heavy atom. The standard InChI is InChI=1S/C14H14N4O2/c19-12(11-7-10(3-6-15-11)9-1-2-9)17-14(4-5-14)13-16-8-20-18-13/h3,6-9H,1-2,4-5H2,(H,17,19). The number of hydrogen-bond acceptors (Lipinski definition) is 5. The monoisotopic (exact) mass is 270 g/mol. The summed E-state index contributed by atoms with van der Waals surface area (Å²) in [7, 11) is 0. The molecule has 2 fully saturated rings. The largest absolute Gasteiger partial charge is 0.343 e. The third-order valence-corrected chi connectivity index (χ3v) is 3.96. The van der Waals surface area contributed by atoms with Gasteiger partial charge in [0.1, 0.15) is 11.2 Å². The van der Waals surface area contributed by atoms with Crippen LogP contribution in [0.5, 0.6) is 0 Å². The molecule has 2 aromatic rings. The Morgan fingerprint density at radius 1 is 1.35 bits per heavy atom. The summed E-state index contributed by atoms with van der Waals surface area (Å²) in [5.74, 6) is 0.982. The van der Waals surface area contributed by atoms with Crippen LogP contribution in [0.1, 0.15) is 53.5 Å². The second-order valence-corrected chi connectivity index (χ2v) is 5.54. The van der Waals surface area contributed by atoms with E-state index in [0.29, 0.717) is 17.4 Å². The quantitative estimate of drug-likeness (QED) is 0.915. The van der Waals surface area contributed by atoms with Gasteiger partial charge in [-0.1, -0.05) is 5.16 Å². The van der Waals surface area contributed by atoms with E-state index >= 15 is 0 Å². The van der Waals surface area contributed by atoms with Crippen molar-refractivity contribution in [1.29, 1.82) is 0 Å². The molecule has 0 aliphatic heterocycles. The predicted molar refractivity (Wildman–Crippen MR) is 68.9 cm³/mol. The van der Waals surface area contributed by atoms with E-state index in [1.54, 1.807) is 6.20 Å². The summed E-state index contributed by atoms with van der Waals surface area (Å²) in [6.45, 7) is 0. The lowest BCUT2D eigenvalue weighted by molar-refractivity contribution is 0.0923. The van der Waals surface area contributed by atoms with Crippen LogP contribution in [0.25, 0.3) is 0 Å². The SMILES string of the molecule is O=C(NC1(c2ncon2)CC1)c1cc(C2CC2)ccn1. The Labute approximate surface area is 115 Å². The number of nitrogens with zero attached hydrogens (tertiary/aromatic N) is 3. The second-order valence-electron chi connectivity index (χ2n) is 5.54. The Bertz CT molecular complexity index is 645. The molecule has 1 amide bonds. The lowest BCUT2D eigenvalue weighted by Gasteiger charge is -2.13. The Morgan fingerprint density at radius 3 is 2.85 bits per heavy atom. The van der Waals surface area contributed by atoms with Gasteiger partial charge in [0, 0.05) is 6.20 Å². The van der Waals surface area contributed by atoms with E-state index in [-0.39, 0.29) is 5.91 Å². The Balaban J connectivity index is 1.54. The van der Waals surface area contributed by atoms with Crippen molar-refractivity contribution >= 4 is 5.91 Å². The highest BCUT2D eigenvalue weighted by Gasteiger charge is 2.49. The fourth-order valence-electron chi connectivity index (χ4n) is 2.43. The highest BCUT2D eigenvalue weighted by Crippen LogP contribution is 2.44. The van der Waals surface area contributed by atoms with E-state index < -0.39 is 5.54 Å². The lowest BCUT2D eigenvalue weighted by Crippen LogP contribution is -2.36. The molecule has 0 spiro atoms. The molecule has 20 heavy (non-hydrogen) atoms. The maximum atomic E-state index is 12.3. The molecule has 6 nitrogen and oxygen atoms in total. The number of rotatable bonds is 4. The van der Waals surface area contributed by atoms with E-state index in [0.717, 1.165) is 12.8 Å². The highest BCUT2D eigenvalue weighted by molar-refractivity contribution is 5.93. The number of nitrogens with one attached hydrogen (secondary N) is 1. The maximum absolute atomic E-state index is 12.3. The van der Waals surface area contributed by atoms with E-state index in [1.165, 1.54) is 24.8 Å². The Hall–Kier alpha value is -2.24. The van der Waals surface area contributed by atoms with E-state index in [2.05, 4.69) is 20.4 Å². The first-order valence-electron chi connectivity index (χ1n) is 6.82. The van der Waals surface area contributed by atoms with Gasteiger partial charge in [0.05, 0.1) is 0 Å². The van der Waals surface area contributed by atoms with Crippen LogP contribution in [0.4, 0.5) is 0 Å². The molecular formula is C14H14N4O2. The molecule has 0 bridgehead atoms. The predicted octanol–water partition coefficient (Wildman–Crippen LogP) is 1.76. The van der Waals surface area contributed by atoms with Crippen LogP contribution in [-0.4, -0.2) is 21.0 Å². The zero-order valence-corrected chi connectivity index (χ0v) is 10.9. The average molecular weight is 270 g/mol.